The van der Waals surface area contributed by atoms with Crippen molar-refractivity contribution < 1.29 is 14.2 Å². The largest absolute Gasteiger partial charge is 0.348 e. The normalized spacial score (nSPS) is 32.7. The molecule has 9 heavy (non-hydrogen) atoms. The zero-order chi connectivity index (χ0) is 6.69. The molecule has 0 spiro atoms. The van der Waals surface area contributed by atoms with Gasteiger partial charge in [-0.25, -0.2) is 0 Å². The second-order valence-electron chi connectivity index (χ2n) is 1.78. The molecule has 0 N–H and O–H groups in total. The molecule has 0 aromatic carbocycles. The lowest BCUT2D eigenvalue weighted by molar-refractivity contribution is 0.0535. The van der Waals surface area contributed by atoms with E-state index in [9.17, 15) is 0 Å². The molecule has 1 heterocycles. The van der Waals surface area contributed by atoms with Crippen LogP contribution in [-0.2, 0) is 14.2 Å². The molecule has 0 aromatic rings. The molecule has 54 valence electrons. The summed E-state index contributed by atoms with van der Waals surface area (Å²) in [5.74, 6) is 0. The SMILES string of the molecule is CCO[C@H]1O[C@@H]1OCC. The first-order chi connectivity index (χ1) is 4.38. The summed E-state index contributed by atoms with van der Waals surface area (Å²) in [6.45, 7) is 5.25. The van der Waals surface area contributed by atoms with Crippen molar-refractivity contribution in [2.45, 2.75) is 26.4 Å². The summed E-state index contributed by atoms with van der Waals surface area (Å²) in [6.07, 6.45) is -0.176. The van der Waals surface area contributed by atoms with Crippen LogP contribution >= 0.6 is 0 Å². The van der Waals surface area contributed by atoms with Gasteiger partial charge in [-0.1, -0.05) is 0 Å². The minimum atomic E-state index is -0.0880. The molecule has 2 atom stereocenters. The van der Waals surface area contributed by atoms with E-state index in [4.69, 9.17) is 14.2 Å². The van der Waals surface area contributed by atoms with Gasteiger partial charge >= 0.3 is 0 Å². The van der Waals surface area contributed by atoms with Gasteiger partial charge in [-0.2, -0.15) is 0 Å². The van der Waals surface area contributed by atoms with Crippen LogP contribution < -0.4 is 0 Å². The average molecular weight is 132 g/mol. The second-order valence-corrected chi connectivity index (χ2v) is 1.78. The summed E-state index contributed by atoms with van der Waals surface area (Å²) < 4.78 is 15.1. The molecule has 1 aliphatic heterocycles. The van der Waals surface area contributed by atoms with Crippen LogP contribution in [0.15, 0.2) is 0 Å². The molecule has 0 bridgehead atoms. The fraction of sp³-hybridized carbons (Fsp3) is 1.00. The van der Waals surface area contributed by atoms with E-state index in [1.165, 1.54) is 0 Å². The number of hydrogen-bond donors (Lipinski definition) is 0. The first-order valence-electron chi connectivity index (χ1n) is 3.27. The summed E-state index contributed by atoms with van der Waals surface area (Å²) in [6, 6.07) is 0. The summed E-state index contributed by atoms with van der Waals surface area (Å²) in [4.78, 5) is 0. The van der Waals surface area contributed by atoms with Crippen molar-refractivity contribution in [2.75, 3.05) is 13.2 Å². The zero-order valence-corrected chi connectivity index (χ0v) is 5.79. The fourth-order valence-corrected chi connectivity index (χ4v) is 0.651. The van der Waals surface area contributed by atoms with E-state index < -0.39 is 0 Å². The highest BCUT2D eigenvalue weighted by Crippen LogP contribution is 2.23. The first kappa shape index (κ1) is 6.99. The maximum atomic E-state index is 5.07. The van der Waals surface area contributed by atoms with Gasteiger partial charge in [0.2, 0.25) is 12.6 Å². The molecule has 3 heteroatoms. The van der Waals surface area contributed by atoms with E-state index in [0.717, 1.165) is 0 Å². The Kier molecular flexibility index (Phi) is 2.45. The Morgan fingerprint density at radius 3 is 1.89 bits per heavy atom. The Morgan fingerprint density at radius 2 is 1.56 bits per heavy atom. The molecule has 1 rings (SSSR count). The minimum Gasteiger partial charge on any atom is -0.348 e. The highest BCUT2D eigenvalue weighted by Gasteiger charge is 2.40. The standard InChI is InChI=1S/C6H12O3/c1-3-7-5-6(9-5)8-4-2/h5-6H,3-4H2,1-2H3/t5-,6-/m0/s1. The third-order valence-electron chi connectivity index (χ3n) is 1.08. The van der Waals surface area contributed by atoms with E-state index in [2.05, 4.69) is 0 Å². The molecule has 3 nitrogen and oxygen atoms in total. The summed E-state index contributed by atoms with van der Waals surface area (Å²) in [7, 11) is 0. The lowest BCUT2D eigenvalue weighted by atomic mass is 10.7. The quantitative estimate of drug-likeness (QED) is 0.529. The molecule has 0 aromatic heterocycles. The molecule has 0 unspecified atom stereocenters. The van der Waals surface area contributed by atoms with Crippen molar-refractivity contribution in [2.24, 2.45) is 0 Å². The molecule has 0 aliphatic carbocycles. The minimum absolute atomic E-state index is 0.0880. The highest BCUT2D eigenvalue weighted by atomic mass is 16.9. The van der Waals surface area contributed by atoms with Gasteiger partial charge in [0.1, 0.15) is 0 Å². The number of ether oxygens (including phenoxy) is 3. The number of epoxide rings is 1. The van der Waals surface area contributed by atoms with Crippen LogP contribution in [0.5, 0.6) is 0 Å². The van der Waals surface area contributed by atoms with Gasteiger partial charge in [-0.3, -0.25) is 0 Å². The molecular formula is C6H12O3. The maximum absolute atomic E-state index is 5.07. The van der Waals surface area contributed by atoms with Crippen LogP contribution in [0.4, 0.5) is 0 Å². The average Bonchev–Trinajstić information content (AvgIpc) is 2.50. The molecular weight excluding hydrogens is 120 g/mol. The van der Waals surface area contributed by atoms with Gasteiger partial charge < -0.3 is 14.2 Å². The van der Waals surface area contributed by atoms with E-state index in [1.807, 2.05) is 13.8 Å². The van der Waals surface area contributed by atoms with Crippen molar-refractivity contribution in [1.82, 2.24) is 0 Å². The van der Waals surface area contributed by atoms with Crippen LogP contribution in [0.3, 0.4) is 0 Å². The Morgan fingerprint density at radius 1 is 1.11 bits per heavy atom. The smallest absolute Gasteiger partial charge is 0.212 e. The Bertz CT molecular complexity index is 74.4. The molecule has 0 saturated carbocycles. The van der Waals surface area contributed by atoms with Crippen molar-refractivity contribution in [3.63, 3.8) is 0 Å². The Labute approximate surface area is 54.9 Å². The molecule has 1 saturated heterocycles. The van der Waals surface area contributed by atoms with Crippen LogP contribution in [0.2, 0.25) is 0 Å². The third-order valence-corrected chi connectivity index (χ3v) is 1.08. The van der Waals surface area contributed by atoms with Crippen LogP contribution in [-0.4, -0.2) is 25.8 Å². The number of hydrogen-bond acceptors (Lipinski definition) is 3. The van der Waals surface area contributed by atoms with Crippen LogP contribution in [0.1, 0.15) is 13.8 Å². The second kappa shape index (κ2) is 3.15. The third kappa shape index (κ3) is 1.93. The monoisotopic (exact) mass is 132 g/mol. The van der Waals surface area contributed by atoms with Crippen molar-refractivity contribution in [3.05, 3.63) is 0 Å². The van der Waals surface area contributed by atoms with Crippen molar-refractivity contribution >= 4 is 0 Å². The molecule has 0 radical (unpaired) electrons. The van der Waals surface area contributed by atoms with Crippen molar-refractivity contribution in [3.8, 4) is 0 Å². The predicted octanol–water partition coefficient (Wildman–Crippen LogP) is 0.742. The fourth-order valence-electron chi connectivity index (χ4n) is 0.651. The van der Waals surface area contributed by atoms with Gasteiger partial charge in [-0.05, 0) is 13.8 Å². The number of rotatable bonds is 4. The van der Waals surface area contributed by atoms with E-state index in [-0.39, 0.29) is 12.6 Å². The van der Waals surface area contributed by atoms with Gasteiger partial charge in [0.15, 0.2) is 0 Å². The first-order valence-corrected chi connectivity index (χ1v) is 3.27. The molecule has 1 fully saturated rings. The Hall–Kier alpha value is -0.120. The summed E-state index contributed by atoms with van der Waals surface area (Å²) >= 11 is 0. The predicted molar refractivity (Wildman–Crippen MR) is 31.9 cm³/mol. The van der Waals surface area contributed by atoms with Gasteiger partial charge in [0, 0.05) is 13.2 Å². The van der Waals surface area contributed by atoms with Crippen molar-refractivity contribution in [1.29, 1.82) is 0 Å². The molecule has 1 aliphatic rings. The highest BCUT2D eigenvalue weighted by molar-refractivity contribution is 4.65. The summed E-state index contributed by atoms with van der Waals surface area (Å²) in [5.41, 5.74) is 0. The topological polar surface area (TPSA) is 31.0 Å². The Balaban J connectivity index is 1.96. The zero-order valence-electron chi connectivity index (χ0n) is 5.79. The maximum Gasteiger partial charge on any atom is 0.212 e. The van der Waals surface area contributed by atoms with Gasteiger partial charge in [-0.15, -0.1) is 0 Å². The van der Waals surface area contributed by atoms with Gasteiger partial charge in [0.25, 0.3) is 0 Å². The van der Waals surface area contributed by atoms with Gasteiger partial charge in [0.05, 0.1) is 0 Å². The van der Waals surface area contributed by atoms with Crippen LogP contribution in [0, 0.1) is 0 Å². The summed E-state index contributed by atoms with van der Waals surface area (Å²) in [5, 5.41) is 0. The van der Waals surface area contributed by atoms with E-state index >= 15 is 0 Å². The molecule has 0 amide bonds. The van der Waals surface area contributed by atoms with E-state index in [1.54, 1.807) is 0 Å². The van der Waals surface area contributed by atoms with E-state index in [0.29, 0.717) is 13.2 Å². The lowest BCUT2D eigenvalue weighted by Crippen LogP contribution is -2.02. The van der Waals surface area contributed by atoms with Crippen LogP contribution in [0.25, 0.3) is 0 Å². The lowest BCUT2D eigenvalue weighted by Gasteiger charge is -1.92.